The Bertz CT molecular complexity index is 1020. The Morgan fingerprint density at radius 3 is 3.00 bits per heavy atom. The summed E-state index contributed by atoms with van der Waals surface area (Å²) in [5.74, 6) is -0.0321. The predicted octanol–water partition coefficient (Wildman–Crippen LogP) is 3.24. The monoisotopic (exact) mass is 359 g/mol. The quantitative estimate of drug-likeness (QED) is 0.556. The van der Waals surface area contributed by atoms with Gasteiger partial charge in [0.25, 0.3) is 5.91 Å². The third-order valence-corrected chi connectivity index (χ3v) is 5.67. The number of fused-ring (bicyclic) bond motifs is 3. The Kier molecular flexibility index (Phi) is 3.85. The summed E-state index contributed by atoms with van der Waals surface area (Å²) in [6.45, 7) is 5.48. The van der Waals surface area contributed by atoms with E-state index in [4.69, 9.17) is 0 Å². The molecule has 4 heterocycles. The summed E-state index contributed by atoms with van der Waals surface area (Å²) >= 11 is 3.04. The van der Waals surface area contributed by atoms with E-state index in [9.17, 15) is 4.79 Å². The molecule has 0 fully saturated rings. The van der Waals surface area contributed by atoms with Crippen molar-refractivity contribution in [2.45, 2.75) is 26.8 Å². The van der Waals surface area contributed by atoms with E-state index >= 15 is 0 Å². The highest BCUT2D eigenvalue weighted by Gasteiger charge is 2.14. The minimum absolute atomic E-state index is 0.0321. The summed E-state index contributed by atoms with van der Waals surface area (Å²) < 4.78 is 4.00. The molecule has 8 heteroatoms. The first-order valence-corrected chi connectivity index (χ1v) is 9.46. The van der Waals surface area contributed by atoms with Crippen molar-refractivity contribution in [3.05, 3.63) is 40.0 Å². The molecule has 0 radical (unpaired) electrons. The molecule has 0 aliphatic carbocycles. The number of hydrogen-bond acceptors (Lipinski definition) is 5. The molecule has 0 bridgehead atoms. The standard InChI is InChI=1S/C16H17N5OS2/c1-10-8-11(2)21(19-10)5-3-4-17-14(22)13-9-12-15(24-13)18-16-20(12)6-7-23-16/h6-9H,3-5H2,1-2H3,(H,17,22). The van der Waals surface area contributed by atoms with Gasteiger partial charge in [0.1, 0.15) is 4.83 Å². The van der Waals surface area contributed by atoms with Crippen LogP contribution in [0.25, 0.3) is 15.3 Å². The first-order chi connectivity index (χ1) is 11.6. The third-order valence-electron chi connectivity index (χ3n) is 3.90. The van der Waals surface area contributed by atoms with Crippen molar-refractivity contribution in [1.29, 1.82) is 0 Å². The van der Waals surface area contributed by atoms with Gasteiger partial charge in [0.2, 0.25) is 0 Å². The maximum absolute atomic E-state index is 12.3. The molecule has 0 aliphatic heterocycles. The van der Waals surface area contributed by atoms with Gasteiger partial charge in [-0.25, -0.2) is 4.98 Å². The number of imidazole rings is 1. The highest BCUT2D eigenvalue weighted by Crippen LogP contribution is 2.28. The van der Waals surface area contributed by atoms with Crippen LogP contribution >= 0.6 is 22.7 Å². The maximum Gasteiger partial charge on any atom is 0.261 e. The average Bonchev–Trinajstić information content (AvgIpc) is 3.25. The molecular weight excluding hydrogens is 342 g/mol. The van der Waals surface area contributed by atoms with E-state index in [0.717, 1.165) is 39.7 Å². The smallest absolute Gasteiger partial charge is 0.261 e. The molecule has 0 saturated carbocycles. The van der Waals surface area contributed by atoms with Crippen LogP contribution in [0.5, 0.6) is 0 Å². The van der Waals surface area contributed by atoms with Crippen molar-refractivity contribution in [1.82, 2.24) is 24.5 Å². The maximum atomic E-state index is 12.3. The largest absolute Gasteiger partial charge is 0.351 e. The summed E-state index contributed by atoms with van der Waals surface area (Å²) in [6.07, 6.45) is 2.84. The van der Waals surface area contributed by atoms with Crippen LogP contribution in [0, 0.1) is 13.8 Å². The van der Waals surface area contributed by atoms with Crippen molar-refractivity contribution in [2.24, 2.45) is 0 Å². The van der Waals surface area contributed by atoms with Crippen molar-refractivity contribution in [3.8, 4) is 0 Å². The summed E-state index contributed by atoms with van der Waals surface area (Å²) in [4.78, 5) is 19.4. The number of nitrogens with one attached hydrogen (secondary N) is 1. The van der Waals surface area contributed by atoms with E-state index in [2.05, 4.69) is 21.5 Å². The number of aryl methyl sites for hydroxylation is 3. The first kappa shape index (κ1) is 15.3. The third kappa shape index (κ3) is 2.71. The number of amides is 1. The van der Waals surface area contributed by atoms with Gasteiger partial charge in [-0.3, -0.25) is 13.9 Å². The first-order valence-electron chi connectivity index (χ1n) is 7.76. The lowest BCUT2D eigenvalue weighted by atomic mass is 10.3. The van der Waals surface area contributed by atoms with Gasteiger partial charge in [-0.2, -0.15) is 5.10 Å². The number of carbonyl (C=O) groups is 1. The Balaban J connectivity index is 1.37. The van der Waals surface area contributed by atoms with Gasteiger partial charge < -0.3 is 5.32 Å². The van der Waals surface area contributed by atoms with Gasteiger partial charge in [-0.1, -0.05) is 0 Å². The van der Waals surface area contributed by atoms with Crippen LogP contribution in [0.15, 0.2) is 23.7 Å². The number of rotatable bonds is 5. The fourth-order valence-electron chi connectivity index (χ4n) is 2.78. The van der Waals surface area contributed by atoms with Gasteiger partial charge in [-0.15, -0.1) is 22.7 Å². The fourth-order valence-corrected chi connectivity index (χ4v) is 4.50. The molecule has 124 valence electrons. The lowest BCUT2D eigenvalue weighted by Crippen LogP contribution is -2.24. The van der Waals surface area contributed by atoms with Crippen molar-refractivity contribution < 1.29 is 4.79 Å². The highest BCUT2D eigenvalue weighted by atomic mass is 32.1. The molecule has 0 atom stereocenters. The van der Waals surface area contributed by atoms with E-state index in [1.54, 1.807) is 11.3 Å². The van der Waals surface area contributed by atoms with Crippen LogP contribution in [-0.4, -0.2) is 31.6 Å². The Hall–Kier alpha value is -2.19. The molecule has 24 heavy (non-hydrogen) atoms. The highest BCUT2D eigenvalue weighted by molar-refractivity contribution is 7.21. The Labute approximate surface area is 146 Å². The van der Waals surface area contributed by atoms with Crippen molar-refractivity contribution in [2.75, 3.05) is 6.54 Å². The average molecular weight is 359 g/mol. The van der Waals surface area contributed by atoms with E-state index in [1.165, 1.54) is 11.3 Å². The molecule has 0 saturated heterocycles. The van der Waals surface area contributed by atoms with E-state index in [1.807, 2.05) is 40.6 Å². The molecule has 4 rings (SSSR count). The zero-order chi connectivity index (χ0) is 16.7. The van der Waals surface area contributed by atoms with Gasteiger partial charge in [0.05, 0.1) is 16.1 Å². The second-order valence-corrected chi connectivity index (χ2v) is 7.63. The minimum atomic E-state index is -0.0321. The number of aromatic nitrogens is 4. The number of thiazole rings is 1. The van der Waals surface area contributed by atoms with Gasteiger partial charge in [0.15, 0.2) is 4.96 Å². The minimum Gasteiger partial charge on any atom is -0.351 e. The molecule has 0 unspecified atom stereocenters. The number of hydrogen-bond donors (Lipinski definition) is 1. The molecule has 6 nitrogen and oxygen atoms in total. The SMILES string of the molecule is Cc1cc(C)n(CCCNC(=O)c2cc3c(nc4sccn43)s2)n1. The summed E-state index contributed by atoms with van der Waals surface area (Å²) in [7, 11) is 0. The van der Waals surface area contributed by atoms with Gasteiger partial charge in [0, 0.05) is 30.4 Å². The molecular formula is C16H17N5OS2. The zero-order valence-electron chi connectivity index (χ0n) is 13.4. The van der Waals surface area contributed by atoms with E-state index in [-0.39, 0.29) is 5.91 Å². The lowest BCUT2D eigenvalue weighted by molar-refractivity contribution is 0.0956. The molecule has 0 aliphatic rings. The van der Waals surface area contributed by atoms with Crippen LogP contribution in [0.2, 0.25) is 0 Å². The van der Waals surface area contributed by atoms with Crippen LogP contribution in [0.3, 0.4) is 0 Å². The summed E-state index contributed by atoms with van der Waals surface area (Å²) in [6, 6.07) is 3.98. The van der Waals surface area contributed by atoms with E-state index < -0.39 is 0 Å². The summed E-state index contributed by atoms with van der Waals surface area (Å²) in [5, 5.41) is 9.41. The Morgan fingerprint density at radius 1 is 1.33 bits per heavy atom. The number of thiophene rings is 1. The van der Waals surface area contributed by atoms with Gasteiger partial charge >= 0.3 is 0 Å². The second kappa shape index (κ2) is 6.03. The van der Waals surface area contributed by atoms with Crippen LogP contribution in [-0.2, 0) is 6.54 Å². The molecule has 4 aromatic heterocycles. The van der Waals surface area contributed by atoms with Crippen LogP contribution in [0.4, 0.5) is 0 Å². The molecule has 1 N–H and O–H groups in total. The van der Waals surface area contributed by atoms with Crippen LogP contribution in [0.1, 0.15) is 27.5 Å². The predicted molar refractivity (Wildman–Crippen MR) is 97.1 cm³/mol. The zero-order valence-corrected chi connectivity index (χ0v) is 15.1. The molecule has 4 aromatic rings. The van der Waals surface area contributed by atoms with E-state index in [0.29, 0.717) is 11.4 Å². The second-order valence-electron chi connectivity index (χ2n) is 5.73. The summed E-state index contributed by atoms with van der Waals surface area (Å²) in [5.41, 5.74) is 3.18. The molecule has 1 amide bonds. The Morgan fingerprint density at radius 2 is 2.21 bits per heavy atom. The molecule has 0 spiro atoms. The lowest BCUT2D eigenvalue weighted by Gasteiger charge is -2.05. The normalized spacial score (nSPS) is 11.6. The van der Waals surface area contributed by atoms with Crippen molar-refractivity contribution >= 4 is 43.9 Å². The number of nitrogens with zero attached hydrogens (tertiary/aromatic N) is 4. The molecule has 0 aromatic carbocycles. The fraction of sp³-hybridized carbons (Fsp3) is 0.312. The topological polar surface area (TPSA) is 64.2 Å². The number of carbonyl (C=O) groups excluding carboxylic acids is 1. The van der Waals surface area contributed by atoms with Gasteiger partial charge in [-0.05, 0) is 32.4 Å². The van der Waals surface area contributed by atoms with Crippen LogP contribution < -0.4 is 5.32 Å². The van der Waals surface area contributed by atoms with Crippen molar-refractivity contribution in [3.63, 3.8) is 0 Å².